The fourth-order valence-electron chi connectivity index (χ4n) is 1.85. The summed E-state index contributed by atoms with van der Waals surface area (Å²) < 4.78 is 40.5. The molecule has 0 heterocycles. The van der Waals surface area contributed by atoms with E-state index >= 15 is 0 Å². The van der Waals surface area contributed by atoms with E-state index in [1.54, 1.807) is 7.05 Å². The summed E-state index contributed by atoms with van der Waals surface area (Å²) in [6, 6.07) is 9.09. The maximum atomic E-state index is 12.0. The molecular formula is C13H18F3NO2. The van der Waals surface area contributed by atoms with E-state index in [9.17, 15) is 18.3 Å². The number of rotatable bonds is 7. The first kappa shape index (κ1) is 15.9. The van der Waals surface area contributed by atoms with Gasteiger partial charge in [0.25, 0.3) is 0 Å². The van der Waals surface area contributed by atoms with Gasteiger partial charge in [0.2, 0.25) is 0 Å². The van der Waals surface area contributed by atoms with Gasteiger partial charge in [0.1, 0.15) is 6.61 Å². The van der Waals surface area contributed by atoms with Crippen LogP contribution in [0.15, 0.2) is 30.3 Å². The second-order valence-corrected chi connectivity index (χ2v) is 4.27. The topological polar surface area (TPSA) is 41.5 Å². The zero-order chi connectivity index (χ0) is 14.4. The Kier molecular flexibility index (Phi) is 5.78. The molecule has 3 nitrogen and oxygen atoms in total. The van der Waals surface area contributed by atoms with Crippen molar-refractivity contribution in [3.63, 3.8) is 0 Å². The largest absolute Gasteiger partial charge is 0.411 e. The molecule has 0 aromatic heterocycles. The molecule has 0 aliphatic rings. The quantitative estimate of drug-likeness (QED) is 0.750. The summed E-state index contributed by atoms with van der Waals surface area (Å²) in [5.74, 6) is 0. The first-order valence-electron chi connectivity index (χ1n) is 5.93. The lowest BCUT2D eigenvalue weighted by Crippen LogP contribution is -2.44. The molecule has 0 saturated carbocycles. The van der Waals surface area contributed by atoms with E-state index < -0.39 is 18.3 Å². The van der Waals surface area contributed by atoms with Crippen LogP contribution in [-0.2, 0) is 10.3 Å². The van der Waals surface area contributed by atoms with Crippen molar-refractivity contribution >= 4 is 0 Å². The van der Waals surface area contributed by atoms with E-state index in [2.05, 4.69) is 10.1 Å². The molecule has 19 heavy (non-hydrogen) atoms. The zero-order valence-corrected chi connectivity index (χ0v) is 10.7. The zero-order valence-electron chi connectivity index (χ0n) is 10.7. The van der Waals surface area contributed by atoms with Gasteiger partial charge in [-0.25, -0.2) is 0 Å². The smallest absolute Gasteiger partial charge is 0.394 e. The summed E-state index contributed by atoms with van der Waals surface area (Å²) in [6.07, 6.45) is -4.08. The van der Waals surface area contributed by atoms with Crippen molar-refractivity contribution < 1.29 is 23.0 Å². The number of benzene rings is 1. The number of aliphatic hydroxyl groups is 1. The van der Waals surface area contributed by atoms with Crippen molar-refractivity contribution in [2.45, 2.75) is 18.1 Å². The van der Waals surface area contributed by atoms with Crippen LogP contribution < -0.4 is 5.32 Å². The SMILES string of the molecule is CNC(CO)(CCOCC(F)(F)F)c1ccccc1. The van der Waals surface area contributed by atoms with Crippen molar-refractivity contribution in [3.8, 4) is 0 Å². The van der Waals surface area contributed by atoms with Crippen LogP contribution in [0, 0.1) is 0 Å². The van der Waals surface area contributed by atoms with Crippen LogP contribution in [0.1, 0.15) is 12.0 Å². The van der Waals surface area contributed by atoms with Crippen molar-refractivity contribution in [2.75, 3.05) is 26.9 Å². The summed E-state index contributed by atoms with van der Waals surface area (Å²) in [5.41, 5.74) is 0.0305. The van der Waals surface area contributed by atoms with Gasteiger partial charge in [-0.2, -0.15) is 13.2 Å². The molecule has 0 fully saturated rings. The van der Waals surface area contributed by atoms with E-state index in [1.807, 2.05) is 30.3 Å². The number of ether oxygens (including phenoxy) is 1. The summed E-state index contributed by atoms with van der Waals surface area (Å²) in [6.45, 7) is -1.58. The molecule has 0 saturated heterocycles. The van der Waals surface area contributed by atoms with E-state index in [-0.39, 0.29) is 19.6 Å². The first-order chi connectivity index (χ1) is 8.93. The number of nitrogens with one attached hydrogen (secondary N) is 1. The standard InChI is InChI=1S/C13H18F3NO2/c1-17-12(9-18,11-5-3-2-4-6-11)7-8-19-10-13(14,15)16/h2-6,17-18H,7-10H2,1H3. The predicted molar refractivity (Wildman–Crippen MR) is 65.8 cm³/mol. The molecule has 2 N–H and O–H groups in total. The monoisotopic (exact) mass is 277 g/mol. The Morgan fingerprint density at radius 2 is 1.84 bits per heavy atom. The van der Waals surface area contributed by atoms with Crippen LogP contribution in [0.3, 0.4) is 0 Å². The Labute approximate surface area is 110 Å². The number of hydrogen-bond donors (Lipinski definition) is 2. The van der Waals surface area contributed by atoms with Crippen LogP contribution >= 0.6 is 0 Å². The van der Waals surface area contributed by atoms with Gasteiger partial charge in [0.15, 0.2) is 0 Å². The highest BCUT2D eigenvalue weighted by atomic mass is 19.4. The maximum Gasteiger partial charge on any atom is 0.411 e. The second kappa shape index (κ2) is 6.88. The normalized spacial score (nSPS) is 15.2. The lowest BCUT2D eigenvalue weighted by atomic mass is 9.88. The molecule has 0 aliphatic carbocycles. The van der Waals surface area contributed by atoms with Crippen molar-refractivity contribution in [2.24, 2.45) is 0 Å². The summed E-state index contributed by atoms with van der Waals surface area (Å²) in [4.78, 5) is 0. The Hall–Kier alpha value is -1.11. The number of hydrogen-bond acceptors (Lipinski definition) is 3. The average molecular weight is 277 g/mol. The van der Waals surface area contributed by atoms with E-state index in [4.69, 9.17) is 0 Å². The molecule has 108 valence electrons. The lowest BCUT2D eigenvalue weighted by molar-refractivity contribution is -0.175. The number of alkyl halides is 3. The third-order valence-electron chi connectivity index (χ3n) is 3.01. The van der Waals surface area contributed by atoms with Crippen LogP contribution in [0.4, 0.5) is 13.2 Å². The molecule has 0 aliphatic heterocycles. The molecule has 1 aromatic rings. The molecule has 0 radical (unpaired) electrons. The molecule has 1 atom stereocenters. The number of likely N-dealkylation sites (N-methyl/N-ethyl adjacent to an activating group) is 1. The van der Waals surface area contributed by atoms with Crippen LogP contribution in [0.25, 0.3) is 0 Å². The summed E-state index contributed by atoms with van der Waals surface area (Å²) in [5, 5.41) is 12.5. The molecule has 0 spiro atoms. The predicted octanol–water partition coefficient (Wildman–Crippen LogP) is 2.06. The van der Waals surface area contributed by atoms with Crippen molar-refractivity contribution in [1.82, 2.24) is 5.32 Å². The van der Waals surface area contributed by atoms with Crippen LogP contribution in [0.2, 0.25) is 0 Å². The van der Waals surface area contributed by atoms with Gasteiger partial charge in [-0.15, -0.1) is 0 Å². The highest BCUT2D eigenvalue weighted by molar-refractivity contribution is 5.24. The Morgan fingerprint density at radius 1 is 1.21 bits per heavy atom. The minimum absolute atomic E-state index is 0.0875. The van der Waals surface area contributed by atoms with Crippen molar-refractivity contribution in [1.29, 1.82) is 0 Å². The third-order valence-corrected chi connectivity index (χ3v) is 3.01. The van der Waals surface area contributed by atoms with Crippen LogP contribution in [-0.4, -0.2) is 38.2 Å². The number of halogens is 3. The van der Waals surface area contributed by atoms with E-state index in [1.165, 1.54) is 0 Å². The van der Waals surface area contributed by atoms with Gasteiger partial charge in [-0.3, -0.25) is 0 Å². The van der Waals surface area contributed by atoms with Gasteiger partial charge in [0, 0.05) is 6.61 Å². The molecule has 6 heteroatoms. The fraction of sp³-hybridized carbons (Fsp3) is 0.538. The molecule has 0 bridgehead atoms. The van der Waals surface area contributed by atoms with E-state index in [0.717, 1.165) is 5.56 Å². The molecule has 0 amide bonds. The highest BCUT2D eigenvalue weighted by Gasteiger charge is 2.31. The minimum Gasteiger partial charge on any atom is -0.394 e. The molecular weight excluding hydrogens is 259 g/mol. The number of aliphatic hydroxyl groups excluding tert-OH is 1. The summed E-state index contributed by atoms with van der Waals surface area (Å²) in [7, 11) is 1.66. The van der Waals surface area contributed by atoms with Gasteiger partial charge in [-0.1, -0.05) is 30.3 Å². The third kappa shape index (κ3) is 4.81. The lowest BCUT2D eigenvalue weighted by Gasteiger charge is -2.32. The van der Waals surface area contributed by atoms with E-state index in [0.29, 0.717) is 0 Å². The Morgan fingerprint density at radius 3 is 2.32 bits per heavy atom. The van der Waals surface area contributed by atoms with Gasteiger partial charge in [-0.05, 0) is 19.0 Å². The fourth-order valence-corrected chi connectivity index (χ4v) is 1.85. The highest BCUT2D eigenvalue weighted by Crippen LogP contribution is 2.24. The van der Waals surface area contributed by atoms with Crippen molar-refractivity contribution in [3.05, 3.63) is 35.9 Å². The van der Waals surface area contributed by atoms with Crippen LogP contribution in [0.5, 0.6) is 0 Å². The first-order valence-corrected chi connectivity index (χ1v) is 5.93. The van der Waals surface area contributed by atoms with Gasteiger partial charge in [0.05, 0.1) is 12.1 Å². The minimum atomic E-state index is -4.33. The molecule has 1 rings (SSSR count). The summed E-state index contributed by atoms with van der Waals surface area (Å²) >= 11 is 0. The Balaban J connectivity index is 2.63. The molecule has 1 aromatic carbocycles. The maximum absolute atomic E-state index is 12.0. The Bertz CT molecular complexity index is 364. The molecule has 1 unspecified atom stereocenters. The average Bonchev–Trinajstić information content (AvgIpc) is 2.39. The van der Waals surface area contributed by atoms with Gasteiger partial charge >= 0.3 is 6.18 Å². The second-order valence-electron chi connectivity index (χ2n) is 4.27. The van der Waals surface area contributed by atoms with Gasteiger partial charge < -0.3 is 15.2 Å².